The number of nitro benzene ring substituents is 1. The van der Waals surface area contributed by atoms with E-state index in [-0.39, 0.29) is 17.0 Å². The summed E-state index contributed by atoms with van der Waals surface area (Å²) in [7, 11) is 0. The van der Waals surface area contributed by atoms with Crippen LogP contribution in [0.3, 0.4) is 0 Å². The fourth-order valence-electron chi connectivity index (χ4n) is 1.56. The van der Waals surface area contributed by atoms with Gasteiger partial charge in [-0.25, -0.2) is 4.79 Å². The van der Waals surface area contributed by atoms with Crippen molar-refractivity contribution in [2.75, 3.05) is 0 Å². The average molecular weight is 464 g/mol. The maximum atomic E-state index is 11.2. The highest BCUT2D eigenvalue weighted by Crippen LogP contribution is 2.32. The molecule has 0 aliphatic carbocycles. The third kappa shape index (κ3) is 3.70. The molecule has 0 bridgehead atoms. The summed E-state index contributed by atoms with van der Waals surface area (Å²) in [5.41, 5.74) is -0.0560. The monoisotopic (exact) mass is 463 g/mol. The number of rotatable bonds is 4. The SMILES string of the molecule is O=C(O)c1cc(Br)ccc1Oc1ccc([N+](=O)[O-])cc1I. The van der Waals surface area contributed by atoms with Gasteiger partial charge in [-0.3, -0.25) is 10.1 Å². The molecule has 0 saturated carbocycles. The van der Waals surface area contributed by atoms with Gasteiger partial charge < -0.3 is 9.84 Å². The van der Waals surface area contributed by atoms with Crippen LogP contribution in [0.2, 0.25) is 0 Å². The van der Waals surface area contributed by atoms with Gasteiger partial charge in [0.05, 0.1) is 8.49 Å². The maximum Gasteiger partial charge on any atom is 0.339 e. The number of non-ortho nitro benzene ring substituents is 1. The summed E-state index contributed by atoms with van der Waals surface area (Å²) in [6.45, 7) is 0. The number of carbonyl (C=O) groups is 1. The summed E-state index contributed by atoms with van der Waals surface area (Å²) in [6.07, 6.45) is 0. The highest BCUT2D eigenvalue weighted by molar-refractivity contribution is 14.1. The van der Waals surface area contributed by atoms with Crippen molar-refractivity contribution < 1.29 is 19.6 Å². The molecule has 21 heavy (non-hydrogen) atoms. The number of benzene rings is 2. The third-order valence-electron chi connectivity index (χ3n) is 2.52. The van der Waals surface area contributed by atoms with Crippen molar-refractivity contribution in [3.8, 4) is 11.5 Å². The molecule has 0 radical (unpaired) electrons. The lowest BCUT2D eigenvalue weighted by Crippen LogP contribution is -2.00. The fourth-order valence-corrected chi connectivity index (χ4v) is 2.53. The first kappa shape index (κ1) is 15.7. The summed E-state index contributed by atoms with van der Waals surface area (Å²) in [5, 5.41) is 19.8. The van der Waals surface area contributed by atoms with Crippen molar-refractivity contribution in [3.05, 3.63) is 60.1 Å². The Morgan fingerprint density at radius 3 is 2.48 bits per heavy atom. The fraction of sp³-hybridized carbons (Fsp3) is 0. The second-order valence-corrected chi connectivity index (χ2v) is 6.00. The Bertz CT molecular complexity index is 734. The Kier molecular flexibility index (Phi) is 4.78. The van der Waals surface area contributed by atoms with E-state index in [0.717, 1.165) is 0 Å². The smallest absolute Gasteiger partial charge is 0.339 e. The van der Waals surface area contributed by atoms with Gasteiger partial charge in [0.25, 0.3) is 5.69 Å². The van der Waals surface area contributed by atoms with Gasteiger partial charge in [-0.2, -0.15) is 0 Å². The number of aromatic carboxylic acids is 1. The Labute approximate surface area is 141 Å². The Balaban J connectivity index is 2.39. The summed E-state index contributed by atoms with van der Waals surface area (Å²) >= 11 is 5.09. The number of hydrogen-bond acceptors (Lipinski definition) is 4. The number of carboxylic acid groups (broad SMARTS) is 1. The molecule has 0 amide bonds. The van der Waals surface area contributed by atoms with E-state index in [1.807, 2.05) is 22.6 Å². The van der Waals surface area contributed by atoms with E-state index in [9.17, 15) is 14.9 Å². The van der Waals surface area contributed by atoms with Gasteiger partial charge in [-0.05, 0) is 46.9 Å². The van der Waals surface area contributed by atoms with E-state index in [0.29, 0.717) is 13.8 Å². The summed E-state index contributed by atoms with van der Waals surface area (Å²) < 4.78 is 6.69. The van der Waals surface area contributed by atoms with Crippen LogP contribution in [0.4, 0.5) is 5.69 Å². The first-order valence-corrected chi connectivity index (χ1v) is 7.40. The van der Waals surface area contributed by atoms with Crippen LogP contribution in [-0.4, -0.2) is 16.0 Å². The van der Waals surface area contributed by atoms with Gasteiger partial charge in [0.2, 0.25) is 0 Å². The van der Waals surface area contributed by atoms with Crippen LogP contribution in [0.15, 0.2) is 40.9 Å². The first-order valence-electron chi connectivity index (χ1n) is 5.53. The molecule has 0 unspecified atom stereocenters. The lowest BCUT2D eigenvalue weighted by Gasteiger charge is -2.10. The maximum absolute atomic E-state index is 11.2. The number of ether oxygens (including phenoxy) is 1. The minimum atomic E-state index is -1.12. The van der Waals surface area contributed by atoms with Gasteiger partial charge in [0, 0.05) is 16.6 Å². The molecule has 2 rings (SSSR count). The van der Waals surface area contributed by atoms with E-state index in [4.69, 9.17) is 9.84 Å². The quantitative estimate of drug-likeness (QED) is 0.411. The number of nitro groups is 1. The predicted molar refractivity (Wildman–Crippen MR) is 87.0 cm³/mol. The van der Waals surface area contributed by atoms with Crippen molar-refractivity contribution in [1.82, 2.24) is 0 Å². The minimum absolute atomic E-state index is 0.00136. The molecule has 6 nitrogen and oxygen atoms in total. The van der Waals surface area contributed by atoms with E-state index in [1.165, 1.54) is 30.3 Å². The van der Waals surface area contributed by atoms with E-state index in [1.54, 1.807) is 6.07 Å². The Hall–Kier alpha value is -1.68. The predicted octanol–water partition coefficient (Wildman–Crippen LogP) is 4.45. The molecule has 0 atom stereocenters. The second kappa shape index (κ2) is 6.39. The highest BCUT2D eigenvalue weighted by Gasteiger charge is 2.15. The molecule has 0 spiro atoms. The standard InChI is InChI=1S/C13H7BrINO5/c14-7-1-3-11(9(5-7)13(17)18)21-12-4-2-8(16(19)20)6-10(12)15/h1-6H,(H,17,18). The Morgan fingerprint density at radius 1 is 1.24 bits per heavy atom. The van der Waals surface area contributed by atoms with E-state index >= 15 is 0 Å². The summed E-state index contributed by atoms with van der Waals surface area (Å²) in [5.74, 6) is -0.605. The van der Waals surface area contributed by atoms with Crippen LogP contribution in [0.25, 0.3) is 0 Å². The molecular weight excluding hydrogens is 457 g/mol. The Morgan fingerprint density at radius 2 is 1.90 bits per heavy atom. The molecule has 0 saturated heterocycles. The first-order chi connectivity index (χ1) is 9.88. The van der Waals surface area contributed by atoms with Crippen molar-refractivity contribution in [2.45, 2.75) is 0 Å². The molecule has 8 heteroatoms. The van der Waals surface area contributed by atoms with Crippen LogP contribution in [-0.2, 0) is 0 Å². The molecule has 108 valence electrons. The van der Waals surface area contributed by atoms with E-state index in [2.05, 4.69) is 15.9 Å². The molecule has 2 aromatic carbocycles. The second-order valence-electron chi connectivity index (χ2n) is 3.92. The van der Waals surface area contributed by atoms with Crippen molar-refractivity contribution in [2.24, 2.45) is 0 Å². The zero-order chi connectivity index (χ0) is 15.6. The van der Waals surface area contributed by atoms with Gasteiger partial charge in [0.15, 0.2) is 0 Å². The van der Waals surface area contributed by atoms with Crippen molar-refractivity contribution in [1.29, 1.82) is 0 Å². The summed E-state index contributed by atoms with van der Waals surface area (Å²) in [4.78, 5) is 21.4. The van der Waals surface area contributed by atoms with Crippen LogP contribution < -0.4 is 4.74 Å². The topological polar surface area (TPSA) is 89.7 Å². The normalized spacial score (nSPS) is 10.2. The number of nitrogens with zero attached hydrogens (tertiary/aromatic N) is 1. The zero-order valence-electron chi connectivity index (χ0n) is 10.2. The lowest BCUT2D eigenvalue weighted by molar-refractivity contribution is -0.385. The molecule has 0 aliphatic heterocycles. The van der Waals surface area contributed by atoms with Crippen molar-refractivity contribution in [3.63, 3.8) is 0 Å². The van der Waals surface area contributed by atoms with Gasteiger partial charge >= 0.3 is 5.97 Å². The molecule has 0 aromatic heterocycles. The molecule has 1 N–H and O–H groups in total. The van der Waals surface area contributed by atoms with Crippen molar-refractivity contribution >= 4 is 50.2 Å². The minimum Gasteiger partial charge on any atom is -0.478 e. The average Bonchev–Trinajstić information content (AvgIpc) is 2.42. The molecular formula is C13H7BrINO5. The lowest BCUT2D eigenvalue weighted by atomic mass is 10.2. The molecule has 0 aliphatic rings. The number of hydrogen-bond donors (Lipinski definition) is 1. The van der Waals surface area contributed by atoms with Crippen LogP contribution >= 0.6 is 38.5 Å². The summed E-state index contributed by atoms with van der Waals surface area (Å²) in [6, 6.07) is 8.69. The van der Waals surface area contributed by atoms with Gasteiger partial charge in [0.1, 0.15) is 17.1 Å². The van der Waals surface area contributed by atoms with Crippen LogP contribution in [0.1, 0.15) is 10.4 Å². The zero-order valence-corrected chi connectivity index (χ0v) is 14.0. The molecule has 0 heterocycles. The highest BCUT2D eigenvalue weighted by atomic mass is 127. The number of carboxylic acids is 1. The van der Waals surface area contributed by atoms with Crippen LogP contribution in [0, 0.1) is 13.7 Å². The molecule has 2 aromatic rings. The van der Waals surface area contributed by atoms with E-state index < -0.39 is 10.9 Å². The largest absolute Gasteiger partial charge is 0.478 e. The van der Waals surface area contributed by atoms with Gasteiger partial charge in [-0.1, -0.05) is 15.9 Å². The van der Waals surface area contributed by atoms with Gasteiger partial charge in [-0.15, -0.1) is 0 Å². The van der Waals surface area contributed by atoms with Crippen LogP contribution in [0.5, 0.6) is 11.5 Å². The third-order valence-corrected chi connectivity index (χ3v) is 3.85. The molecule has 0 fully saturated rings. The number of halogens is 2.